The van der Waals surface area contributed by atoms with Crippen molar-refractivity contribution in [3.63, 3.8) is 0 Å². The van der Waals surface area contributed by atoms with Crippen LogP contribution in [-0.4, -0.2) is 38.1 Å². The molecule has 0 rings (SSSR count). The molecule has 1 unspecified atom stereocenters. The van der Waals surface area contributed by atoms with Gasteiger partial charge in [0, 0.05) is 17.7 Å². The van der Waals surface area contributed by atoms with E-state index in [4.69, 9.17) is 11.6 Å². The van der Waals surface area contributed by atoms with E-state index in [0.717, 1.165) is 18.6 Å². The van der Waals surface area contributed by atoms with E-state index >= 15 is 0 Å². The van der Waals surface area contributed by atoms with Crippen LogP contribution in [0.25, 0.3) is 0 Å². The Morgan fingerprint density at radius 3 is 2.53 bits per heavy atom. The Bertz CT molecular complexity index is 244. The first-order valence-electron chi connectivity index (χ1n) is 5.10. The summed E-state index contributed by atoms with van der Waals surface area (Å²) in [5.41, 5.74) is 0. The minimum absolute atomic E-state index is 0.0565. The molecule has 0 bridgehead atoms. The summed E-state index contributed by atoms with van der Waals surface area (Å²) in [7, 11) is -3.11. The molecule has 92 valence electrons. The van der Waals surface area contributed by atoms with Gasteiger partial charge in [0.2, 0.25) is 10.0 Å². The van der Waals surface area contributed by atoms with Gasteiger partial charge >= 0.3 is 0 Å². The third-order valence-corrected chi connectivity index (χ3v) is 4.53. The van der Waals surface area contributed by atoms with Crippen molar-refractivity contribution in [2.45, 2.75) is 32.2 Å². The van der Waals surface area contributed by atoms with E-state index in [1.807, 2.05) is 13.2 Å². The maximum absolute atomic E-state index is 11.6. The van der Waals surface area contributed by atoms with Crippen molar-refractivity contribution in [2.75, 3.05) is 23.6 Å². The number of unbranched alkanes of at least 4 members (excludes halogenated alkanes) is 1. The van der Waals surface area contributed by atoms with E-state index in [1.165, 1.54) is 0 Å². The van der Waals surface area contributed by atoms with Gasteiger partial charge in [-0.3, -0.25) is 0 Å². The van der Waals surface area contributed by atoms with Crippen LogP contribution < -0.4 is 4.72 Å². The normalized spacial score (nSPS) is 14.1. The topological polar surface area (TPSA) is 46.2 Å². The number of hydrogen-bond acceptors (Lipinski definition) is 3. The lowest BCUT2D eigenvalue weighted by molar-refractivity contribution is 0.555. The SMILES string of the molecule is CCC(CSC)NS(=O)(=O)CCCCCl. The summed E-state index contributed by atoms with van der Waals surface area (Å²) in [5, 5.41) is 0. The molecule has 0 radical (unpaired) electrons. The van der Waals surface area contributed by atoms with Crippen LogP contribution in [-0.2, 0) is 10.0 Å². The fraction of sp³-hybridized carbons (Fsp3) is 1.00. The van der Waals surface area contributed by atoms with Crippen LogP contribution in [0.15, 0.2) is 0 Å². The summed E-state index contributed by atoms with van der Waals surface area (Å²) < 4.78 is 25.9. The second-order valence-electron chi connectivity index (χ2n) is 3.39. The summed E-state index contributed by atoms with van der Waals surface area (Å²) in [5.74, 6) is 1.54. The summed E-state index contributed by atoms with van der Waals surface area (Å²) >= 11 is 7.15. The lowest BCUT2D eigenvalue weighted by atomic mass is 10.3. The first kappa shape index (κ1) is 15.6. The molecular formula is C9H20ClNO2S2. The fourth-order valence-corrected chi connectivity index (χ4v) is 3.61. The second kappa shape index (κ2) is 8.67. The van der Waals surface area contributed by atoms with Crippen LogP contribution in [0.4, 0.5) is 0 Å². The first-order valence-corrected chi connectivity index (χ1v) is 8.68. The molecule has 0 amide bonds. The van der Waals surface area contributed by atoms with Gasteiger partial charge in [-0.1, -0.05) is 6.92 Å². The van der Waals surface area contributed by atoms with E-state index in [9.17, 15) is 8.42 Å². The van der Waals surface area contributed by atoms with Gasteiger partial charge in [-0.05, 0) is 25.5 Å². The number of alkyl halides is 1. The van der Waals surface area contributed by atoms with Gasteiger partial charge in [0.05, 0.1) is 5.75 Å². The molecule has 0 aromatic rings. The van der Waals surface area contributed by atoms with Crippen molar-refractivity contribution in [1.82, 2.24) is 4.72 Å². The van der Waals surface area contributed by atoms with Gasteiger partial charge < -0.3 is 0 Å². The average Bonchev–Trinajstić information content (AvgIpc) is 2.17. The molecule has 0 saturated heterocycles. The zero-order valence-electron chi connectivity index (χ0n) is 9.33. The molecule has 0 aromatic carbocycles. The van der Waals surface area contributed by atoms with Gasteiger partial charge in [-0.25, -0.2) is 13.1 Å². The van der Waals surface area contributed by atoms with E-state index in [1.54, 1.807) is 11.8 Å². The minimum atomic E-state index is -3.11. The maximum Gasteiger partial charge on any atom is 0.211 e. The predicted molar refractivity (Wildman–Crippen MR) is 69.3 cm³/mol. The third kappa shape index (κ3) is 8.37. The van der Waals surface area contributed by atoms with Crippen molar-refractivity contribution in [2.24, 2.45) is 0 Å². The Labute approximate surface area is 102 Å². The molecule has 1 atom stereocenters. The quantitative estimate of drug-likeness (QED) is 0.517. The van der Waals surface area contributed by atoms with Crippen LogP contribution in [0.3, 0.4) is 0 Å². The molecule has 3 nitrogen and oxygen atoms in total. The number of sulfonamides is 1. The summed E-state index contributed by atoms with van der Waals surface area (Å²) in [6.07, 6.45) is 4.19. The molecule has 0 aliphatic heterocycles. The highest BCUT2D eigenvalue weighted by Gasteiger charge is 2.15. The molecular weight excluding hydrogens is 254 g/mol. The van der Waals surface area contributed by atoms with E-state index in [-0.39, 0.29) is 11.8 Å². The van der Waals surface area contributed by atoms with Gasteiger partial charge in [0.25, 0.3) is 0 Å². The first-order chi connectivity index (χ1) is 7.05. The Morgan fingerprint density at radius 1 is 1.40 bits per heavy atom. The second-order valence-corrected chi connectivity index (χ2v) is 6.56. The molecule has 0 fully saturated rings. The van der Waals surface area contributed by atoms with Crippen LogP contribution in [0.5, 0.6) is 0 Å². The van der Waals surface area contributed by atoms with Crippen LogP contribution in [0, 0.1) is 0 Å². The maximum atomic E-state index is 11.6. The highest BCUT2D eigenvalue weighted by Crippen LogP contribution is 2.04. The van der Waals surface area contributed by atoms with Crippen LogP contribution in [0.2, 0.25) is 0 Å². The summed E-state index contributed by atoms with van der Waals surface area (Å²) in [6.45, 7) is 1.99. The zero-order chi connectivity index (χ0) is 11.7. The smallest absolute Gasteiger partial charge is 0.211 e. The standard InChI is InChI=1S/C9H20ClNO2S2/c1-3-9(8-14-2)11-15(12,13)7-5-4-6-10/h9,11H,3-8H2,1-2H3. The van der Waals surface area contributed by atoms with Gasteiger partial charge in [-0.2, -0.15) is 11.8 Å². The summed E-state index contributed by atoms with van der Waals surface area (Å²) in [4.78, 5) is 0. The van der Waals surface area contributed by atoms with Crippen molar-refractivity contribution in [3.05, 3.63) is 0 Å². The molecule has 0 aromatic heterocycles. The highest BCUT2D eigenvalue weighted by molar-refractivity contribution is 7.98. The number of rotatable bonds is 9. The third-order valence-electron chi connectivity index (χ3n) is 2.00. The number of halogens is 1. The van der Waals surface area contributed by atoms with Crippen molar-refractivity contribution < 1.29 is 8.42 Å². The largest absolute Gasteiger partial charge is 0.212 e. The van der Waals surface area contributed by atoms with E-state index < -0.39 is 10.0 Å². The monoisotopic (exact) mass is 273 g/mol. The molecule has 15 heavy (non-hydrogen) atoms. The molecule has 0 heterocycles. The Morgan fingerprint density at radius 2 is 2.07 bits per heavy atom. The van der Waals surface area contributed by atoms with Crippen LogP contribution >= 0.6 is 23.4 Å². The molecule has 0 aliphatic rings. The van der Waals surface area contributed by atoms with Gasteiger partial charge in [0.1, 0.15) is 0 Å². The minimum Gasteiger partial charge on any atom is -0.212 e. The van der Waals surface area contributed by atoms with Gasteiger partial charge in [-0.15, -0.1) is 11.6 Å². The Hall–Kier alpha value is 0.550. The summed E-state index contributed by atoms with van der Waals surface area (Å²) in [6, 6.07) is 0.0565. The zero-order valence-corrected chi connectivity index (χ0v) is 11.7. The Kier molecular flexibility index (Phi) is 8.99. The van der Waals surface area contributed by atoms with E-state index in [0.29, 0.717) is 12.3 Å². The van der Waals surface area contributed by atoms with Crippen molar-refractivity contribution >= 4 is 33.4 Å². The Balaban J connectivity index is 3.99. The predicted octanol–water partition coefficient (Wildman–Crippen LogP) is 2.07. The molecule has 6 heteroatoms. The number of thioether (sulfide) groups is 1. The average molecular weight is 274 g/mol. The fourth-order valence-electron chi connectivity index (χ4n) is 1.14. The highest BCUT2D eigenvalue weighted by atomic mass is 35.5. The van der Waals surface area contributed by atoms with Gasteiger partial charge in [0.15, 0.2) is 0 Å². The van der Waals surface area contributed by atoms with E-state index in [2.05, 4.69) is 4.72 Å². The molecule has 1 N–H and O–H groups in total. The molecule has 0 aliphatic carbocycles. The lowest BCUT2D eigenvalue weighted by Crippen LogP contribution is -2.37. The molecule has 0 spiro atoms. The van der Waals surface area contributed by atoms with Crippen molar-refractivity contribution in [3.8, 4) is 0 Å². The van der Waals surface area contributed by atoms with Crippen molar-refractivity contribution in [1.29, 1.82) is 0 Å². The number of nitrogens with one attached hydrogen (secondary N) is 1. The number of hydrogen-bond donors (Lipinski definition) is 1. The lowest BCUT2D eigenvalue weighted by Gasteiger charge is -2.15. The van der Waals surface area contributed by atoms with Crippen LogP contribution in [0.1, 0.15) is 26.2 Å². The molecule has 0 saturated carbocycles.